The Morgan fingerprint density at radius 3 is 2.79 bits per heavy atom. The van der Waals surface area contributed by atoms with E-state index in [4.69, 9.17) is 38.3 Å². The van der Waals surface area contributed by atoms with E-state index in [0.29, 0.717) is 11.2 Å². The number of aromatic nitrogens is 4. The van der Waals surface area contributed by atoms with E-state index in [0.717, 1.165) is 5.46 Å². The Morgan fingerprint density at radius 1 is 1.26 bits per heavy atom. The molecule has 1 aromatic carbocycles. The molecule has 14 nitrogen and oxygen atoms in total. The predicted octanol–water partition coefficient (Wildman–Crippen LogP) is 0.870. The lowest BCUT2D eigenvalue weighted by Crippen LogP contribution is -2.42. The summed E-state index contributed by atoms with van der Waals surface area (Å²) in [6.45, 7) is 3.05. The van der Waals surface area contributed by atoms with Crippen molar-refractivity contribution >= 4 is 43.9 Å². The molecule has 202 valence electrons. The Morgan fingerprint density at radius 2 is 2.05 bits per heavy atom. The van der Waals surface area contributed by atoms with Gasteiger partial charge in [-0.2, -0.15) is 9.97 Å². The average Bonchev–Trinajstić information content (AvgIpc) is 3.56. The van der Waals surface area contributed by atoms with E-state index >= 15 is 0 Å². The Labute approximate surface area is 218 Å². The van der Waals surface area contributed by atoms with Gasteiger partial charge in [-0.15, -0.1) is 0 Å². The molecule has 0 saturated carbocycles. The van der Waals surface area contributed by atoms with E-state index in [9.17, 15) is 9.36 Å². The summed E-state index contributed by atoms with van der Waals surface area (Å²) in [6, 6.07) is 9.45. The molecule has 1 unspecified atom stereocenters. The van der Waals surface area contributed by atoms with Gasteiger partial charge in [0.05, 0.1) is 26.7 Å². The van der Waals surface area contributed by atoms with Crippen LogP contribution in [0.1, 0.15) is 20.1 Å². The van der Waals surface area contributed by atoms with Gasteiger partial charge in [0.2, 0.25) is 11.8 Å². The molecule has 4 heterocycles. The molecule has 16 heteroatoms. The van der Waals surface area contributed by atoms with Crippen LogP contribution in [-0.2, 0) is 37.2 Å². The number of carbonyl (C=O) groups is 1. The molecule has 2 fully saturated rings. The first-order valence-electron chi connectivity index (χ1n) is 11.9. The molecule has 2 N–H and O–H groups in total. The average molecular weight is 547 g/mol. The number of hydrogen-bond acceptors (Lipinski definition) is 13. The lowest BCUT2D eigenvalue weighted by atomic mass is 9.79. The van der Waals surface area contributed by atoms with Crippen molar-refractivity contribution in [3.8, 4) is 5.88 Å². The van der Waals surface area contributed by atoms with Crippen LogP contribution in [0.3, 0.4) is 0 Å². The Kier molecular flexibility index (Phi) is 7.66. The molecule has 0 bridgehead atoms. The molecule has 38 heavy (non-hydrogen) atoms. The summed E-state index contributed by atoms with van der Waals surface area (Å²) in [4.78, 5) is 24.3. The number of imidazole rings is 1. The topological polar surface area (TPSA) is 168 Å². The summed E-state index contributed by atoms with van der Waals surface area (Å²) in [6.07, 6.45) is -0.628. The SMILES string of the molecule is CCOC(=O)CO[PH](=O)OC[C@H]1O[C@@H](n2cnc3c(OC)nc(N)nc32)[C@]2(C)OB(c3ccccc3)O[C@H]12. The smallest absolute Gasteiger partial charge is 0.479 e. The summed E-state index contributed by atoms with van der Waals surface area (Å²) in [7, 11) is -2.26. The highest BCUT2D eigenvalue weighted by molar-refractivity contribution is 7.33. The Balaban J connectivity index is 1.41. The third-order valence-electron chi connectivity index (χ3n) is 6.23. The van der Waals surface area contributed by atoms with E-state index in [-0.39, 0.29) is 25.0 Å². The molecular formula is C22H27BN5O9P. The largest absolute Gasteiger partial charge is 0.494 e. The summed E-state index contributed by atoms with van der Waals surface area (Å²) in [5.74, 6) is -0.422. The number of anilines is 1. The van der Waals surface area contributed by atoms with Crippen LogP contribution in [0.5, 0.6) is 5.88 Å². The third-order valence-corrected chi connectivity index (χ3v) is 7.01. The molecule has 2 aromatic heterocycles. The van der Waals surface area contributed by atoms with Crippen LogP contribution in [0, 0.1) is 0 Å². The maximum absolute atomic E-state index is 12.3. The second kappa shape index (κ2) is 11.0. The molecular weight excluding hydrogens is 520 g/mol. The van der Waals surface area contributed by atoms with Gasteiger partial charge in [-0.1, -0.05) is 30.3 Å². The molecule has 3 aromatic rings. The van der Waals surface area contributed by atoms with Crippen molar-refractivity contribution in [3.05, 3.63) is 36.7 Å². The van der Waals surface area contributed by atoms with Gasteiger partial charge in [-0.25, -0.2) is 9.78 Å². The first-order valence-corrected chi connectivity index (χ1v) is 13.1. The number of nitrogens with two attached hydrogens (primary N) is 1. The van der Waals surface area contributed by atoms with Crippen LogP contribution in [0.4, 0.5) is 5.95 Å². The first-order chi connectivity index (χ1) is 18.3. The number of esters is 1. The maximum atomic E-state index is 12.3. The zero-order valence-corrected chi connectivity index (χ0v) is 21.9. The maximum Gasteiger partial charge on any atom is 0.494 e. The van der Waals surface area contributed by atoms with Crippen molar-refractivity contribution in [1.82, 2.24) is 19.5 Å². The molecule has 0 aliphatic carbocycles. The third kappa shape index (κ3) is 5.00. The second-order valence-corrected chi connectivity index (χ2v) is 9.78. The number of nitrogen functional groups attached to an aromatic ring is 1. The Bertz CT molecular complexity index is 1330. The quantitative estimate of drug-likeness (QED) is 0.216. The van der Waals surface area contributed by atoms with Gasteiger partial charge in [-0.3, -0.25) is 13.7 Å². The van der Waals surface area contributed by atoms with Crippen LogP contribution < -0.4 is 15.9 Å². The number of fused-ring (bicyclic) bond motifs is 2. The lowest BCUT2D eigenvalue weighted by Gasteiger charge is -2.29. The highest BCUT2D eigenvalue weighted by Crippen LogP contribution is 2.48. The fraction of sp³-hybridized carbons (Fsp3) is 0.455. The van der Waals surface area contributed by atoms with Gasteiger partial charge in [0.15, 0.2) is 24.0 Å². The number of ether oxygens (including phenoxy) is 3. The molecule has 5 atom stereocenters. The summed E-state index contributed by atoms with van der Waals surface area (Å²) in [5, 5.41) is 0. The lowest BCUT2D eigenvalue weighted by molar-refractivity contribution is -0.145. The zero-order valence-electron chi connectivity index (χ0n) is 20.9. The number of hydrogen-bond donors (Lipinski definition) is 1. The van der Waals surface area contributed by atoms with Crippen LogP contribution in [0.15, 0.2) is 36.7 Å². The van der Waals surface area contributed by atoms with Crippen molar-refractivity contribution in [2.24, 2.45) is 0 Å². The van der Waals surface area contributed by atoms with E-state index < -0.39 is 52.0 Å². The minimum Gasteiger partial charge on any atom is -0.479 e. The van der Waals surface area contributed by atoms with Gasteiger partial charge in [0.25, 0.3) is 0 Å². The van der Waals surface area contributed by atoms with Gasteiger partial charge < -0.3 is 33.8 Å². The number of methoxy groups -OCH3 is 1. The fourth-order valence-electron chi connectivity index (χ4n) is 4.58. The van der Waals surface area contributed by atoms with Crippen molar-refractivity contribution in [3.63, 3.8) is 0 Å². The van der Waals surface area contributed by atoms with Crippen LogP contribution >= 0.6 is 8.25 Å². The number of nitrogens with zero attached hydrogens (tertiary/aromatic N) is 4. The van der Waals surface area contributed by atoms with E-state index in [1.807, 2.05) is 37.3 Å². The summed E-state index contributed by atoms with van der Waals surface area (Å²) < 4.78 is 53.6. The molecule has 2 aliphatic rings. The van der Waals surface area contributed by atoms with Gasteiger partial charge in [0, 0.05) is 0 Å². The minimum absolute atomic E-state index is 0.00113. The summed E-state index contributed by atoms with van der Waals surface area (Å²) >= 11 is 0. The van der Waals surface area contributed by atoms with Crippen molar-refractivity contribution in [2.45, 2.75) is 37.9 Å². The monoisotopic (exact) mass is 547 g/mol. The van der Waals surface area contributed by atoms with Crippen molar-refractivity contribution in [1.29, 1.82) is 0 Å². The van der Waals surface area contributed by atoms with Gasteiger partial charge >= 0.3 is 21.3 Å². The van der Waals surface area contributed by atoms with E-state index in [2.05, 4.69) is 15.0 Å². The molecule has 0 radical (unpaired) electrons. The van der Waals surface area contributed by atoms with Crippen LogP contribution in [0.25, 0.3) is 11.2 Å². The molecule has 5 rings (SSSR count). The normalized spacial score (nSPS) is 25.4. The molecule has 0 spiro atoms. The first kappa shape index (κ1) is 26.5. The minimum atomic E-state index is -3.02. The van der Waals surface area contributed by atoms with Crippen molar-refractivity contribution in [2.75, 3.05) is 32.7 Å². The van der Waals surface area contributed by atoms with Gasteiger partial charge in [0.1, 0.15) is 17.8 Å². The molecule has 0 amide bonds. The predicted molar refractivity (Wildman–Crippen MR) is 134 cm³/mol. The van der Waals surface area contributed by atoms with Crippen LogP contribution in [-0.4, -0.2) is 77.3 Å². The van der Waals surface area contributed by atoms with Crippen molar-refractivity contribution < 1.29 is 41.9 Å². The number of rotatable bonds is 10. The Hall–Kier alpha value is -3.07. The van der Waals surface area contributed by atoms with E-state index in [1.165, 1.54) is 13.4 Å². The number of carbonyl (C=O) groups excluding carboxylic acids is 1. The number of benzene rings is 1. The van der Waals surface area contributed by atoms with Gasteiger partial charge in [-0.05, 0) is 19.3 Å². The second-order valence-electron chi connectivity index (χ2n) is 8.70. The molecule has 2 aliphatic heterocycles. The fourth-order valence-corrected chi connectivity index (χ4v) is 5.20. The molecule has 2 saturated heterocycles. The summed E-state index contributed by atoms with van der Waals surface area (Å²) in [5.41, 5.74) is 6.44. The zero-order chi connectivity index (χ0) is 26.9. The highest BCUT2D eigenvalue weighted by atomic mass is 31.1. The van der Waals surface area contributed by atoms with Crippen LogP contribution in [0.2, 0.25) is 0 Å². The standard InChI is InChI=1S/C22H27BN5O9P/c1-4-32-15(29)11-34-38(30)33-10-14-17-22(2,37-23(36-17)13-8-6-5-7-9-13)20(35-14)28-12-25-16-18(28)26-21(24)27-19(16)31-3/h5-9,12,14,17,20,38H,4,10-11H2,1-3H3,(H2,24,26,27)/t14-,17-,20-,22-/m1/s1. The van der Waals surface area contributed by atoms with E-state index in [1.54, 1.807) is 11.5 Å². The highest BCUT2D eigenvalue weighted by Gasteiger charge is 2.63.